The van der Waals surface area contributed by atoms with Crippen molar-refractivity contribution in [3.63, 3.8) is 0 Å². The molecule has 0 aliphatic rings. The molecule has 0 bridgehead atoms. The fraction of sp³-hybridized carbons (Fsp3) is 0.500. The molecule has 0 radical (unpaired) electrons. The van der Waals surface area contributed by atoms with Crippen LogP contribution in [0.25, 0.3) is 0 Å². The maximum atomic E-state index is 11.3. The first kappa shape index (κ1) is 13.3. The summed E-state index contributed by atoms with van der Waals surface area (Å²) >= 11 is 0. The largest absolute Gasteiger partial charge is 0.397 e. The van der Waals surface area contributed by atoms with Crippen LogP contribution in [0.5, 0.6) is 0 Å². The second-order valence-corrected chi connectivity index (χ2v) is 5.26. The number of carbonyl (C=O) groups excluding carboxylic acids is 1. The van der Waals surface area contributed by atoms with Gasteiger partial charge in [-0.1, -0.05) is 20.8 Å². The summed E-state index contributed by atoms with van der Waals surface area (Å²) in [6, 6.07) is 1.68. The summed E-state index contributed by atoms with van der Waals surface area (Å²) in [7, 11) is 0. The molecule has 1 heterocycles. The minimum absolute atomic E-state index is 0.0536. The lowest BCUT2D eigenvalue weighted by Gasteiger charge is -2.29. The Hall–Kier alpha value is -1.78. The summed E-state index contributed by atoms with van der Waals surface area (Å²) in [5.74, 6) is -0.0532. The Morgan fingerprint density at radius 2 is 2.06 bits per heavy atom. The highest BCUT2D eigenvalue weighted by atomic mass is 16.1. The van der Waals surface area contributed by atoms with Crippen LogP contribution in [0.4, 0.5) is 11.5 Å². The van der Waals surface area contributed by atoms with Gasteiger partial charge in [0, 0.05) is 6.04 Å². The highest BCUT2D eigenvalue weighted by Crippen LogP contribution is 2.24. The van der Waals surface area contributed by atoms with Crippen molar-refractivity contribution in [1.82, 2.24) is 4.98 Å². The molecule has 1 aromatic rings. The molecule has 1 aromatic heterocycles. The standard InChI is InChI=1S/C12H20N4O/c1-7(12(2,3)4)16-11-9(10(14)17)5-8(13)6-15-11/h5-7H,13H2,1-4H3,(H2,14,17)(H,15,16). The average molecular weight is 236 g/mol. The van der Waals surface area contributed by atoms with E-state index in [4.69, 9.17) is 11.5 Å². The summed E-state index contributed by atoms with van der Waals surface area (Å²) in [5, 5.41) is 3.19. The molecular formula is C12H20N4O. The first-order valence-corrected chi connectivity index (χ1v) is 5.53. The number of nitrogen functional groups attached to an aromatic ring is 1. The van der Waals surface area contributed by atoms with Crippen molar-refractivity contribution in [2.24, 2.45) is 11.1 Å². The van der Waals surface area contributed by atoms with Crippen LogP contribution in [0, 0.1) is 5.41 Å². The zero-order valence-electron chi connectivity index (χ0n) is 10.7. The van der Waals surface area contributed by atoms with Crippen LogP contribution in [-0.4, -0.2) is 16.9 Å². The molecule has 1 rings (SSSR count). The number of hydrogen-bond donors (Lipinski definition) is 3. The number of aromatic nitrogens is 1. The zero-order valence-corrected chi connectivity index (χ0v) is 10.7. The number of carbonyl (C=O) groups is 1. The van der Waals surface area contributed by atoms with Gasteiger partial charge in [0.15, 0.2) is 0 Å². The second kappa shape index (κ2) is 4.61. The number of nitrogens with two attached hydrogens (primary N) is 2. The topological polar surface area (TPSA) is 94.0 Å². The Kier molecular flexibility index (Phi) is 3.60. The highest BCUT2D eigenvalue weighted by Gasteiger charge is 2.22. The number of hydrogen-bond acceptors (Lipinski definition) is 4. The fourth-order valence-corrected chi connectivity index (χ4v) is 1.21. The van der Waals surface area contributed by atoms with Gasteiger partial charge in [0.1, 0.15) is 5.82 Å². The van der Waals surface area contributed by atoms with Gasteiger partial charge in [-0.25, -0.2) is 4.98 Å². The third-order valence-electron chi connectivity index (χ3n) is 2.83. The van der Waals surface area contributed by atoms with Gasteiger partial charge >= 0.3 is 0 Å². The Morgan fingerprint density at radius 3 is 2.53 bits per heavy atom. The van der Waals surface area contributed by atoms with E-state index < -0.39 is 5.91 Å². The summed E-state index contributed by atoms with van der Waals surface area (Å²) in [6.45, 7) is 8.34. The molecule has 1 atom stereocenters. The van der Waals surface area contributed by atoms with E-state index in [1.165, 1.54) is 12.3 Å². The number of nitrogens with one attached hydrogen (secondary N) is 1. The first-order valence-electron chi connectivity index (χ1n) is 5.53. The van der Waals surface area contributed by atoms with Crippen molar-refractivity contribution >= 4 is 17.4 Å². The van der Waals surface area contributed by atoms with Crippen LogP contribution < -0.4 is 16.8 Å². The lowest BCUT2D eigenvalue weighted by molar-refractivity contribution is 0.100. The maximum absolute atomic E-state index is 11.3. The molecule has 0 aliphatic heterocycles. The predicted octanol–water partition coefficient (Wildman–Crippen LogP) is 1.61. The molecule has 0 saturated heterocycles. The molecule has 0 aromatic carbocycles. The zero-order chi connectivity index (χ0) is 13.2. The van der Waals surface area contributed by atoms with Gasteiger partial charge in [-0.3, -0.25) is 4.79 Å². The van der Waals surface area contributed by atoms with Crippen molar-refractivity contribution < 1.29 is 4.79 Å². The molecule has 1 unspecified atom stereocenters. The molecule has 0 fully saturated rings. The molecule has 5 heteroatoms. The monoisotopic (exact) mass is 236 g/mol. The van der Waals surface area contributed by atoms with Gasteiger partial charge in [-0.15, -0.1) is 0 Å². The molecule has 0 aliphatic carbocycles. The molecular weight excluding hydrogens is 216 g/mol. The third-order valence-corrected chi connectivity index (χ3v) is 2.83. The van der Waals surface area contributed by atoms with Crippen molar-refractivity contribution in [3.8, 4) is 0 Å². The minimum atomic E-state index is -0.534. The lowest BCUT2D eigenvalue weighted by atomic mass is 9.88. The lowest BCUT2D eigenvalue weighted by Crippen LogP contribution is -2.32. The summed E-state index contributed by atoms with van der Waals surface area (Å²) in [4.78, 5) is 15.4. The average Bonchev–Trinajstić information content (AvgIpc) is 2.18. The van der Waals surface area contributed by atoms with E-state index in [9.17, 15) is 4.79 Å². The minimum Gasteiger partial charge on any atom is -0.397 e. The number of pyridine rings is 1. The van der Waals surface area contributed by atoms with Crippen LogP contribution in [0.3, 0.4) is 0 Å². The van der Waals surface area contributed by atoms with E-state index in [1.54, 1.807) is 0 Å². The van der Waals surface area contributed by atoms with Crippen molar-refractivity contribution in [2.75, 3.05) is 11.1 Å². The molecule has 94 valence electrons. The predicted molar refractivity (Wildman–Crippen MR) is 69.7 cm³/mol. The number of amides is 1. The summed E-state index contributed by atoms with van der Waals surface area (Å²) < 4.78 is 0. The van der Waals surface area contributed by atoms with E-state index in [2.05, 4.69) is 31.1 Å². The Bertz CT molecular complexity index is 423. The van der Waals surface area contributed by atoms with E-state index in [0.29, 0.717) is 17.1 Å². The molecule has 5 nitrogen and oxygen atoms in total. The fourth-order valence-electron chi connectivity index (χ4n) is 1.21. The summed E-state index contributed by atoms with van der Waals surface area (Å²) in [6.07, 6.45) is 1.50. The van der Waals surface area contributed by atoms with Crippen molar-refractivity contribution in [3.05, 3.63) is 17.8 Å². The van der Waals surface area contributed by atoms with Crippen LogP contribution in [0.15, 0.2) is 12.3 Å². The van der Waals surface area contributed by atoms with E-state index in [1.807, 2.05) is 6.92 Å². The van der Waals surface area contributed by atoms with Crippen LogP contribution in [0.2, 0.25) is 0 Å². The SMILES string of the molecule is CC(Nc1ncc(N)cc1C(N)=O)C(C)(C)C. The third kappa shape index (κ3) is 3.34. The molecule has 0 spiro atoms. The van der Waals surface area contributed by atoms with Gasteiger partial charge in [-0.2, -0.15) is 0 Å². The van der Waals surface area contributed by atoms with Gasteiger partial charge in [0.2, 0.25) is 0 Å². The maximum Gasteiger partial charge on any atom is 0.252 e. The molecule has 5 N–H and O–H groups in total. The van der Waals surface area contributed by atoms with Crippen LogP contribution in [-0.2, 0) is 0 Å². The Morgan fingerprint density at radius 1 is 1.47 bits per heavy atom. The van der Waals surface area contributed by atoms with Crippen molar-refractivity contribution in [2.45, 2.75) is 33.7 Å². The number of primary amides is 1. The molecule has 17 heavy (non-hydrogen) atoms. The van der Waals surface area contributed by atoms with Gasteiger partial charge in [0.25, 0.3) is 5.91 Å². The number of rotatable bonds is 3. The number of anilines is 2. The van der Waals surface area contributed by atoms with Crippen LogP contribution >= 0.6 is 0 Å². The smallest absolute Gasteiger partial charge is 0.252 e. The number of nitrogens with zero attached hydrogens (tertiary/aromatic N) is 1. The van der Waals surface area contributed by atoms with E-state index in [-0.39, 0.29) is 11.5 Å². The summed E-state index contributed by atoms with van der Waals surface area (Å²) in [5.41, 5.74) is 11.7. The Balaban J connectivity index is 3.03. The Labute approximate surface area is 102 Å². The van der Waals surface area contributed by atoms with Gasteiger partial charge in [0.05, 0.1) is 17.4 Å². The van der Waals surface area contributed by atoms with Crippen molar-refractivity contribution in [1.29, 1.82) is 0 Å². The molecule has 0 saturated carbocycles. The van der Waals surface area contributed by atoms with E-state index in [0.717, 1.165) is 0 Å². The second-order valence-electron chi connectivity index (χ2n) is 5.26. The quantitative estimate of drug-likeness (QED) is 0.743. The highest BCUT2D eigenvalue weighted by molar-refractivity contribution is 5.98. The first-order chi connectivity index (χ1) is 7.71. The van der Waals surface area contributed by atoms with Gasteiger partial charge < -0.3 is 16.8 Å². The van der Waals surface area contributed by atoms with Gasteiger partial charge in [-0.05, 0) is 18.4 Å². The van der Waals surface area contributed by atoms with Crippen LogP contribution in [0.1, 0.15) is 38.1 Å². The normalized spacial score (nSPS) is 13.2. The van der Waals surface area contributed by atoms with E-state index >= 15 is 0 Å². The molecule has 1 amide bonds.